The van der Waals surface area contributed by atoms with Gasteiger partial charge in [0.15, 0.2) is 0 Å². The first-order valence-electron chi connectivity index (χ1n) is 5.22. The highest BCUT2D eigenvalue weighted by Gasteiger charge is 2.11. The van der Waals surface area contributed by atoms with Gasteiger partial charge in [0, 0.05) is 18.0 Å². The third-order valence-electron chi connectivity index (χ3n) is 2.29. The Morgan fingerprint density at radius 1 is 1.71 bits per heavy atom. The molecule has 1 aromatic rings. The van der Waals surface area contributed by atoms with Crippen molar-refractivity contribution in [3.8, 4) is 0 Å². The largest absolute Gasteiger partial charge is 0.478 e. The summed E-state index contributed by atoms with van der Waals surface area (Å²) < 4.78 is 0. The van der Waals surface area contributed by atoms with Crippen LogP contribution in [0.3, 0.4) is 0 Å². The molecule has 0 spiro atoms. The number of carbonyl (C=O) groups is 1. The summed E-state index contributed by atoms with van der Waals surface area (Å²) in [6.45, 7) is 2.08. The van der Waals surface area contributed by atoms with E-state index in [4.69, 9.17) is 16.7 Å². The predicted molar refractivity (Wildman–Crippen MR) is 72.3 cm³/mol. The minimum absolute atomic E-state index is 0.0958. The molecule has 1 rings (SSSR count). The van der Waals surface area contributed by atoms with E-state index in [1.807, 2.05) is 6.26 Å². The van der Waals surface area contributed by atoms with Gasteiger partial charge in [-0.3, -0.25) is 0 Å². The van der Waals surface area contributed by atoms with Crippen molar-refractivity contribution in [1.82, 2.24) is 4.98 Å². The summed E-state index contributed by atoms with van der Waals surface area (Å²) >= 11 is 7.72. The molecule has 0 aromatic carbocycles. The van der Waals surface area contributed by atoms with Crippen molar-refractivity contribution >= 4 is 35.1 Å². The lowest BCUT2D eigenvalue weighted by atomic mass is 10.2. The molecule has 0 bridgehead atoms. The highest BCUT2D eigenvalue weighted by molar-refractivity contribution is 7.98. The first-order valence-corrected chi connectivity index (χ1v) is 7.00. The van der Waals surface area contributed by atoms with Crippen molar-refractivity contribution in [2.75, 3.05) is 17.3 Å². The van der Waals surface area contributed by atoms with Crippen LogP contribution >= 0.6 is 23.4 Å². The molecular formula is C11H15ClN2O2S. The van der Waals surface area contributed by atoms with Gasteiger partial charge < -0.3 is 10.4 Å². The Kier molecular flexibility index (Phi) is 5.58. The maximum atomic E-state index is 10.7. The molecule has 1 atom stereocenters. The first kappa shape index (κ1) is 14.1. The van der Waals surface area contributed by atoms with Gasteiger partial charge in [-0.1, -0.05) is 18.5 Å². The fourth-order valence-electron chi connectivity index (χ4n) is 1.32. The van der Waals surface area contributed by atoms with Crippen LogP contribution in [0.4, 0.5) is 5.82 Å². The normalized spacial score (nSPS) is 12.2. The Balaban J connectivity index is 2.81. The third kappa shape index (κ3) is 4.09. The first-order chi connectivity index (χ1) is 8.08. The van der Waals surface area contributed by atoms with Crippen molar-refractivity contribution < 1.29 is 9.90 Å². The van der Waals surface area contributed by atoms with Crippen LogP contribution in [0.15, 0.2) is 12.3 Å². The van der Waals surface area contributed by atoms with Crippen LogP contribution in [0.5, 0.6) is 0 Å². The third-order valence-corrected chi connectivity index (χ3v) is 3.31. The van der Waals surface area contributed by atoms with Crippen molar-refractivity contribution in [1.29, 1.82) is 0 Å². The summed E-state index contributed by atoms with van der Waals surface area (Å²) in [5.41, 5.74) is 0.0958. The molecule has 1 unspecified atom stereocenters. The molecule has 0 radical (unpaired) electrons. The zero-order valence-corrected chi connectivity index (χ0v) is 11.3. The van der Waals surface area contributed by atoms with Crippen LogP contribution in [-0.2, 0) is 0 Å². The molecule has 4 nitrogen and oxygen atoms in total. The van der Waals surface area contributed by atoms with Gasteiger partial charge in [0.25, 0.3) is 0 Å². The molecule has 17 heavy (non-hydrogen) atoms. The molecule has 0 amide bonds. The van der Waals surface area contributed by atoms with E-state index in [0.717, 1.165) is 12.2 Å². The van der Waals surface area contributed by atoms with Crippen molar-refractivity contribution in [3.05, 3.63) is 22.8 Å². The molecule has 2 N–H and O–H groups in total. The van der Waals surface area contributed by atoms with E-state index in [2.05, 4.69) is 17.2 Å². The van der Waals surface area contributed by atoms with Gasteiger partial charge in [0.2, 0.25) is 0 Å². The molecule has 0 fully saturated rings. The van der Waals surface area contributed by atoms with E-state index in [1.54, 1.807) is 11.8 Å². The highest BCUT2D eigenvalue weighted by atomic mass is 35.5. The van der Waals surface area contributed by atoms with Crippen LogP contribution in [0.2, 0.25) is 5.02 Å². The Bertz CT molecular complexity index is 401. The second kappa shape index (κ2) is 6.71. The van der Waals surface area contributed by atoms with Crippen LogP contribution in [0, 0.1) is 0 Å². The highest BCUT2D eigenvalue weighted by Crippen LogP contribution is 2.22. The number of pyridine rings is 1. The molecule has 94 valence electrons. The smallest absolute Gasteiger partial charge is 0.337 e. The summed E-state index contributed by atoms with van der Waals surface area (Å²) in [5, 5.41) is 12.3. The average molecular weight is 275 g/mol. The summed E-state index contributed by atoms with van der Waals surface area (Å²) in [7, 11) is 0. The molecule has 1 heterocycles. The SMILES string of the molecule is CCC(CSC)Nc1ncc(C(=O)O)cc1Cl. The molecule has 0 aliphatic heterocycles. The van der Waals surface area contributed by atoms with Crippen LogP contribution in [0.1, 0.15) is 23.7 Å². The van der Waals surface area contributed by atoms with Gasteiger partial charge in [0.1, 0.15) is 5.82 Å². The maximum Gasteiger partial charge on any atom is 0.337 e. The van der Waals surface area contributed by atoms with Crippen LogP contribution in [-0.4, -0.2) is 34.1 Å². The van der Waals surface area contributed by atoms with E-state index in [0.29, 0.717) is 10.8 Å². The van der Waals surface area contributed by atoms with Gasteiger partial charge in [-0.15, -0.1) is 0 Å². The Labute approximate surface area is 110 Å². The average Bonchev–Trinajstić information content (AvgIpc) is 2.30. The number of carboxylic acid groups (broad SMARTS) is 1. The van der Waals surface area contributed by atoms with Gasteiger partial charge >= 0.3 is 5.97 Å². The number of anilines is 1. The Morgan fingerprint density at radius 3 is 2.88 bits per heavy atom. The molecule has 1 aromatic heterocycles. The lowest BCUT2D eigenvalue weighted by molar-refractivity contribution is 0.0696. The molecule has 0 saturated heterocycles. The predicted octanol–water partition coefficient (Wildman–Crippen LogP) is 2.99. The quantitative estimate of drug-likeness (QED) is 0.835. The number of aromatic nitrogens is 1. The van der Waals surface area contributed by atoms with Gasteiger partial charge in [-0.05, 0) is 18.7 Å². The Morgan fingerprint density at radius 2 is 2.41 bits per heavy atom. The van der Waals surface area contributed by atoms with Gasteiger partial charge in [-0.2, -0.15) is 11.8 Å². The zero-order valence-electron chi connectivity index (χ0n) is 9.74. The second-order valence-corrected chi connectivity index (χ2v) is 4.88. The lowest BCUT2D eigenvalue weighted by Gasteiger charge is -2.17. The number of aromatic carboxylic acids is 1. The van der Waals surface area contributed by atoms with E-state index in [-0.39, 0.29) is 11.6 Å². The monoisotopic (exact) mass is 274 g/mol. The minimum atomic E-state index is -1.03. The lowest BCUT2D eigenvalue weighted by Crippen LogP contribution is -2.22. The van der Waals surface area contributed by atoms with Crippen molar-refractivity contribution in [3.63, 3.8) is 0 Å². The van der Waals surface area contributed by atoms with Gasteiger partial charge in [-0.25, -0.2) is 9.78 Å². The number of hydrogen-bond donors (Lipinski definition) is 2. The topological polar surface area (TPSA) is 62.2 Å². The van der Waals surface area contributed by atoms with Gasteiger partial charge in [0.05, 0.1) is 10.6 Å². The summed E-state index contributed by atoms with van der Waals surface area (Å²) in [5.74, 6) is 0.467. The van der Waals surface area contributed by atoms with Crippen molar-refractivity contribution in [2.45, 2.75) is 19.4 Å². The molecule has 0 aliphatic rings. The number of rotatable bonds is 6. The summed E-state index contributed by atoms with van der Waals surface area (Å²) in [6.07, 6.45) is 4.30. The molecular weight excluding hydrogens is 260 g/mol. The minimum Gasteiger partial charge on any atom is -0.478 e. The molecule has 6 heteroatoms. The second-order valence-electron chi connectivity index (χ2n) is 3.56. The van der Waals surface area contributed by atoms with Crippen LogP contribution < -0.4 is 5.32 Å². The van der Waals surface area contributed by atoms with Crippen LogP contribution in [0.25, 0.3) is 0 Å². The number of thioether (sulfide) groups is 1. The number of halogens is 1. The van der Waals surface area contributed by atoms with E-state index in [1.165, 1.54) is 12.3 Å². The van der Waals surface area contributed by atoms with E-state index in [9.17, 15) is 4.79 Å². The Hall–Kier alpha value is -0.940. The number of nitrogens with one attached hydrogen (secondary N) is 1. The molecule has 0 saturated carbocycles. The zero-order chi connectivity index (χ0) is 12.8. The van der Waals surface area contributed by atoms with E-state index >= 15 is 0 Å². The number of nitrogens with zero attached hydrogens (tertiary/aromatic N) is 1. The fraction of sp³-hybridized carbons (Fsp3) is 0.455. The fourth-order valence-corrected chi connectivity index (χ4v) is 2.26. The maximum absolute atomic E-state index is 10.7. The number of hydrogen-bond acceptors (Lipinski definition) is 4. The summed E-state index contributed by atoms with van der Waals surface area (Å²) in [4.78, 5) is 14.8. The standard InChI is InChI=1S/C11H15ClN2O2S/c1-3-8(6-17-2)14-10-9(12)4-7(5-13-10)11(15)16/h4-5,8H,3,6H2,1-2H3,(H,13,14)(H,15,16). The molecule has 0 aliphatic carbocycles. The van der Waals surface area contributed by atoms with Crippen molar-refractivity contribution in [2.24, 2.45) is 0 Å². The summed E-state index contributed by atoms with van der Waals surface area (Å²) in [6, 6.07) is 1.69. The number of carboxylic acids is 1. The van der Waals surface area contributed by atoms with E-state index < -0.39 is 5.97 Å².